The summed E-state index contributed by atoms with van der Waals surface area (Å²) in [5.41, 5.74) is 1.37. The second-order valence-corrected chi connectivity index (χ2v) is 8.48. The van der Waals surface area contributed by atoms with Gasteiger partial charge in [0.1, 0.15) is 18.4 Å². The van der Waals surface area contributed by atoms with Gasteiger partial charge in [-0.3, -0.25) is 4.79 Å². The molecule has 0 N–H and O–H groups in total. The van der Waals surface area contributed by atoms with Gasteiger partial charge in [0.2, 0.25) is 10.0 Å². The highest BCUT2D eigenvalue weighted by molar-refractivity contribution is 7.90. The SMILES string of the molecule is CC(C)S(=O)(=O)N(C)C(=O)c1cccc(COc2ccccc2C#N)c1. The maximum absolute atomic E-state index is 12.5. The van der Waals surface area contributed by atoms with Crippen LogP contribution in [0.1, 0.15) is 35.3 Å². The number of carbonyl (C=O) groups is 1. The number of nitriles is 1. The third kappa shape index (κ3) is 4.21. The van der Waals surface area contributed by atoms with Crippen LogP contribution in [-0.2, 0) is 16.6 Å². The first-order valence-corrected chi connectivity index (χ1v) is 9.50. The van der Waals surface area contributed by atoms with Gasteiger partial charge in [-0.15, -0.1) is 0 Å². The second-order valence-electron chi connectivity index (χ2n) is 5.96. The van der Waals surface area contributed by atoms with Crippen molar-refractivity contribution in [2.45, 2.75) is 25.7 Å². The summed E-state index contributed by atoms with van der Waals surface area (Å²) in [7, 11) is -2.43. The topological polar surface area (TPSA) is 87.5 Å². The van der Waals surface area contributed by atoms with Gasteiger partial charge in [-0.2, -0.15) is 5.26 Å². The molecule has 2 aromatic rings. The average Bonchev–Trinajstić information content (AvgIpc) is 2.65. The highest BCUT2D eigenvalue weighted by Gasteiger charge is 2.27. The Hall–Kier alpha value is -2.85. The Morgan fingerprint density at radius 1 is 1.19 bits per heavy atom. The molecule has 0 saturated heterocycles. The summed E-state index contributed by atoms with van der Waals surface area (Å²) in [4.78, 5) is 12.5. The van der Waals surface area contributed by atoms with Crippen LogP contribution in [0.25, 0.3) is 0 Å². The molecule has 26 heavy (non-hydrogen) atoms. The van der Waals surface area contributed by atoms with Crippen LogP contribution in [0, 0.1) is 11.3 Å². The van der Waals surface area contributed by atoms with Gasteiger partial charge in [-0.05, 0) is 43.7 Å². The van der Waals surface area contributed by atoms with Crippen LogP contribution in [0.5, 0.6) is 5.75 Å². The fourth-order valence-corrected chi connectivity index (χ4v) is 3.22. The number of carbonyl (C=O) groups excluding carboxylic acids is 1. The van der Waals surface area contributed by atoms with Crippen LogP contribution in [0.15, 0.2) is 48.5 Å². The van der Waals surface area contributed by atoms with E-state index in [1.807, 2.05) is 0 Å². The highest BCUT2D eigenvalue weighted by Crippen LogP contribution is 2.19. The normalized spacial score (nSPS) is 11.0. The van der Waals surface area contributed by atoms with Crippen LogP contribution < -0.4 is 4.74 Å². The van der Waals surface area contributed by atoms with Crippen molar-refractivity contribution >= 4 is 15.9 Å². The number of amides is 1. The summed E-state index contributed by atoms with van der Waals surface area (Å²) in [6.45, 7) is 3.20. The zero-order chi connectivity index (χ0) is 19.3. The lowest BCUT2D eigenvalue weighted by Gasteiger charge is -2.20. The summed E-state index contributed by atoms with van der Waals surface area (Å²) >= 11 is 0. The number of nitrogens with zero attached hydrogens (tertiary/aromatic N) is 2. The molecule has 2 rings (SSSR count). The van der Waals surface area contributed by atoms with Crippen molar-refractivity contribution < 1.29 is 17.9 Å². The van der Waals surface area contributed by atoms with E-state index in [-0.39, 0.29) is 12.2 Å². The summed E-state index contributed by atoms with van der Waals surface area (Å²) < 4.78 is 30.7. The predicted molar refractivity (Wildman–Crippen MR) is 98.1 cm³/mol. The first-order valence-electron chi connectivity index (χ1n) is 8.00. The number of hydrogen-bond acceptors (Lipinski definition) is 5. The molecular formula is C19H20N2O4S. The average molecular weight is 372 g/mol. The van der Waals surface area contributed by atoms with Gasteiger partial charge < -0.3 is 4.74 Å². The first-order chi connectivity index (χ1) is 12.3. The van der Waals surface area contributed by atoms with Crippen LogP contribution in [0.2, 0.25) is 0 Å². The number of rotatable bonds is 6. The molecule has 0 aliphatic heterocycles. The van der Waals surface area contributed by atoms with Crippen LogP contribution in [-0.4, -0.2) is 30.9 Å². The lowest BCUT2D eigenvalue weighted by Crippen LogP contribution is -2.37. The maximum Gasteiger partial charge on any atom is 0.267 e. The molecule has 0 heterocycles. The minimum Gasteiger partial charge on any atom is -0.488 e. The van der Waals surface area contributed by atoms with Gasteiger partial charge in [-0.1, -0.05) is 24.3 Å². The van der Waals surface area contributed by atoms with Crippen molar-refractivity contribution in [3.63, 3.8) is 0 Å². The third-order valence-corrected chi connectivity index (χ3v) is 5.96. The minimum absolute atomic E-state index is 0.153. The van der Waals surface area contributed by atoms with Crippen LogP contribution in [0.3, 0.4) is 0 Å². The van der Waals surface area contributed by atoms with Gasteiger partial charge in [0.25, 0.3) is 5.91 Å². The van der Waals surface area contributed by atoms with Gasteiger partial charge in [0.05, 0.1) is 10.8 Å². The summed E-state index contributed by atoms with van der Waals surface area (Å²) in [6, 6.07) is 15.5. The molecule has 0 atom stereocenters. The molecular weight excluding hydrogens is 352 g/mol. The van der Waals surface area contributed by atoms with E-state index in [1.54, 1.807) is 48.5 Å². The zero-order valence-electron chi connectivity index (χ0n) is 14.8. The fraction of sp³-hybridized carbons (Fsp3) is 0.263. The lowest BCUT2D eigenvalue weighted by molar-refractivity contribution is 0.0882. The molecule has 6 nitrogen and oxygen atoms in total. The van der Waals surface area contributed by atoms with E-state index in [9.17, 15) is 13.2 Å². The molecule has 0 fully saturated rings. The first kappa shape index (κ1) is 19.5. The van der Waals surface area contributed by atoms with Crippen molar-refractivity contribution in [2.75, 3.05) is 7.05 Å². The molecule has 7 heteroatoms. The zero-order valence-corrected chi connectivity index (χ0v) is 15.7. The molecule has 0 aliphatic carbocycles. The smallest absolute Gasteiger partial charge is 0.267 e. The van der Waals surface area contributed by atoms with Gasteiger partial charge in [-0.25, -0.2) is 12.7 Å². The quantitative estimate of drug-likeness (QED) is 0.778. The largest absolute Gasteiger partial charge is 0.488 e. The molecule has 0 radical (unpaired) electrons. The Balaban J connectivity index is 2.18. The molecule has 0 unspecified atom stereocenters. The number of ether oxygens (including phenoxy) is 1. The van der Waals surface area contributed by atoms with Crippen molar-refractivity contribution in [1.82, 2.24) is 4.31 Å². The summed E-state index contributed by atoms with van der Waals surface area (Å²) in [5, 5.41) is 8.39. The molecule has 0 aromatic heterocycles. The van der Waals surface area contributed by atoms with Crippen molar-refractivity contribution in [2.24, 2.45) is 0 Å². The molecule has 1 amide bonds. The molecule has 0 aliphatic rings. The van der Waals surface area contributed by atoms with E-state index in [2.05, 4.69) is 6.07 Å². The molecule has 2 aromatic carbocycles. The van der Waals surface area contributed by atoms with Gasteiger partial charge in [0, 0.05) is 12.6 Å². The van der Waals surface area contributed by atoms with Crippen molar-refractivity contribution in [1.29, 1.82) is 5.26 Å². The monoisotopic (exact) mass is 372 g/mol. The Kier molecular flexibility index (Phi) is 6.01. The minimum atomic E-state index is -3.68. The van der Waals surface area contributed by atoms with E-state index >= 15 is 0 Å². The molecule has 0 spiro atoms. The van der Waals surface area contributed by atoms with Crippen molar-refractivity contribution in [3.8, 4) is 11.8 Å². The van der Waals surface area contributed by atoms with E-state index in [1.165, 1.54) is 20.9 Å². The van der Waals surface area contributed by atoms with E-state index in [0.29, 0.717) is 16.9 Å². The predicted octanol–water partition coefficient (Wildman–Crippen LogP) is 2.95. The van der Waals surface area contributed by atoms with Crippen molar-refractivity contribution in [3.05, 3.63) is 65.2 Å². The molecule has 0 bridgehead atoms. The number of hydrogen-bond donors (Lipinski definition) is 0. The number of sulfonamides is 1. The number of benzene rings is 2. The highest BCUT2D eigenvalue weighted by atomic mass is 32.2. The van der Waals surface area contributed by atoms with E-state index in [0.717, 1.165) is 4.31 Å². The van der Waals surface area contributed by atoms with Crippen LogP contribution >= 0.6 is 0 Å². The van der Waals surface area contributed by atoms with E-state index < -0.39 is 21.2 Å². The Morgan fingerprint density at radius 2 is 1.88 bits per heavy atom. The molecule has 136 valence electrons. The van der Waals surface area contributed by atoms with Crippen LogP contribution in [0.4, 0.5) is 0 Å². The fourth-order valence-electron chi connectivity index (χ4n) is 2.25. The Morgan fingerprint density at radius 3 is 2.54 bits per heavy atom. The summed E-state index contributed by atoms with van der Waals surface area (Å²) in [6.07, 6.45) is 0. The second kappa shape index (κ2) is 8.02. The standard InChI is InChI=1S/C19H20N2O4S/c1-14(2)26(23,24)21(3)19(22)16-9-6-7-15(11-16)13-25-18-10-5-4-8-17(18)12-20/h4-11,14H,13H2,1-3H3. The van der Waals surface area contributed by atoms with Gasteiger partial charge >= 0.3 is 0 Å². The van der Waals surface area contributed by atoms with Gasteiger partial charge in [0.15, 0.2) is 0 Å². The Bertz CT molecular complexity index is 946. The third-order valence-electron chi connectivity index (χ3n) is 3.84. The lowest BCUT2D eigenvalue weighted by atomic mass is 10.1. The van der Waals surface area contributed by atoms with E-state index in [4.69, 9.17) is 10.00 Å². The summed E-state index contributed by atoms with van der Waals surface area (Å²) in [5.74, 6) is -0.149. The Labute approximate surface area is 153 Å². The maximum atomic E-state index is 12.5. The number of para-hydroxylation sites is 1. The molecule has 0 saturated carbocycles.